The summed E-state index contributed by atoms with van der Waals surface area (Å²) in [6.07, 6.45) is 6.46. The Kier molecular flexibility index (Phi) is 6.54. The summed E-state index contributed by atoms with van der Waals surface area (Å²) in [5, 5.41) is 10.2. The fourth-order valence-electron chi connectivity index (χ4n) is 2.73. The van der Waals surface area contributed by atoms with E-state index >= 15 is 0 Å². The van der Waals surface area contributed by atoms with Crippen LogP contribution in [-0.2, 0) is 11.3 Å². The molecule has 0 saturated heterocycles. The van der Waals surface area contributed by atoms with Gasteiger partial charge in [-0.05, 0) is 38.0 Å². The number of thioether (sulfide) groups is 1. The lowest BCUT2D eigenvalue weighted by atomic mass is 9.87. The van der Waals surface area contributed by atoms with E-state index in [0.717, 1.165) is 31.6 Å². The predicted molar refractivity (Wildman–Crippen MR) is 88.0 cm³/mol. The van der Waals surface area contributed by atoms with Gasteiger partial charge in [-0.2, -0.15) is 0 Å². The highest BCUT2D eigenvalue weighted by molar-refractivity contribution is 7.99. The zero-order chi connectivity index (χ0) is 15.9. The van der Waals surface area contributed by atoms with Gasteiger partial charge >= 0.3 is 5.69 Å². The number of hydrogen-bond acceptors (Lipinski definition) is 4. The van der Waals surface area contributed by atoms with Crippen molar-refractivity contribution in [3.05, 3.63) is 10.5 Å². The number of hydrogen-bond donors (Lipinski definition) is 2. The third kappa shape index (κ3) is 4.90. The van der Waals surface area contributed by atoms with E-state index in [0.29, 0.717) is 23.5 Å². The van der Waals surface area contributed by atoms with Crippen molar-refractivity contribution in [3.63, 3.8) is 0 Å². The SMILES string of the molecule is CCCCn1c(SCC(=O)NC2CCC(C)CC2)n[nH]c1=O. The topological polar surface area (TPSA) is 79.8 Å². The van der Waals surface area contributed by atoms with Gasteiger partial charge in [0.15, 0.2) is 5.16 Å². The highest BCUT2D eigenvalue weighted by Gasteiger charge is 2.20. The first kappa shape index (κ1) is 17.1. The summed E-state index contributed by atoms with van der Waals surface area (Å²) in [5.41, 5.74) is -0.197. The molecule has 1 saturated carbocycles. The van der Waals surface area contributed by atoms with Gasteiger partial charge in [0.1, 0.15) is 0 Å². The molecule has 0 spiro atoms. The highest BCUT2D eigenvalue weighted by Crippen LogP contribution is 2.23. The lowest BCUT2D eigenvalue weighted by Crippen LogP contribution is -2.38. The molecule has 1 fully saturated rings. The average Bonchev–Trinajstić information content (AvgIpc) is 2.86. The van der Waals surface area contributed by atoms with Gasteiger partial charge in [-0.25, -0.2) is 9.89 Å². The fourth-order valence-corrected chi connectivity index (χ4v) is 3.51. The van der Waals surface area contributed by atoms with Crippen molar-refractivity contribution in [3.8, 4) is 0 Å². The van der Waals surface area contributed by atoms with E-state index in [2.05, 4.69) is 29.4 Å². The summed E-state index contributed by atoms with van der Waals surface area (Å²) in [4.78, 5) is 23.7. The molecule has 0 unspecified atom stereocenters. The second-order valence-electron chi connectivity index (χ2n) is 6.13. The number of carbonyl (C=O) groups excluding carboxylic acids is 1. The molecular weight excluding hydrogens is 300 g/mol. The van der Waals surface area contributed by atoms with E-state index in [1.165, 1.54) is 24.6 Å². The Morgan fingerprint density at radius 2 is 2.14 bits per heavy atom. The molecule has 7 heteroatoms. The molecule has 1 amide bonds. The number of nitrogens with zero attached hydrogens (tertiary/aromatic N) is 2. The molecule has 2 rings (SSSR count). The third-order valence-corrected chi connectivity index (χ3v) is 5.15. The molecule has 22 heavy (non-hydrogen) atoms. The van der Waals surface area contributed by atoms with Crippen molar-refractivity contribution < 1.29 is 4.79 Å². The number of rotatable bonds is 7. The Morgan fingerprint density at radius 1 is 1.41 bits per heavy atom. The molecule has 1 aromatic rings. The van der Waals surface area contributed by atoms with Gasteiger partial charge in [0, 0.05) is 12.6 Å². The van der Waals surface area contributed by atoms with Crippen molar-refractivity contribution in [2.75, 3.05) is 5.75 Å². The molecule has 1 heterocycles. The summed E-state index contributed by atoms with van der Waals surface area (Å²) in [6.45, 7) is 4.99. The van der Waals surface area contributed by atoms with Crippen LogP contribution in [0.3, 0.4) is 0 Å². The largest absolute Gasteiger partial charge is 0.353 e. The molecule has 1 aliphatic rings. The van der Waals surface area contributed by atoms with Gasteiger partial charge in [-0.3, -0.25) is 9.36 Å². The molecule has 1 aliphatic carbocycles. The molecule has 0 aromatic carbocycles. The molecular formula is C15H26N4O2S. The van der Waals surface area contributed by atoms with Crippen LogP contribution in [0.5, 0.6) is 0 Å². The minimum Gasteiger partial charge on any atom is -0.353 e. The summed E-state index contributed by atoms with van der Waals surface area (Å²) in [7, 11) is 0. The Morgan fingerprint density at radius 3 is 2.82 bits per heavy atom. The highest BCUT2D eigenvalue weighted by atomic mass is 32.2. The van der Waals surface area contributed by atoms with Crippen molar-refractivity contribution >= 4 is 17.7 Å². The summed E-state index contributed by atoms with van der Waals surface area (Å²) in [5.74, 6) is 1.12. The lowest BCUT2D eigenvalue weighted by molar-refractivity contribution is -0.119. The van der Waals surface area contributed by atoms with Gasteiger partial charge in [0.25, 0.3) is 0 Å². The smallest absolute Gasteiger partial charge is 0.343 e. The molecule has 2 N–H and O–H groups in total. The van der Waals surface area contributed by atoms with Crippen molar-refractivity contribution in [2.45, 2.75) is 70.1 Å². The van der Waals surface area contributed by atoms with Crippen LogP contribution in [0.25, 0.3) is 0 Å². The van der Waals surface area contributed by atoms with Crippen LogP contribution in [0, 0.1) is 5.92 Å². The van der Waals surface area contributed by atoms with Gasteiger partial charge in [0.05, 0.1) is 5.75 Å². The van der Waals surface area contributed by atoms with Crippen LogP contribution in [0.15, 0.2) is 9.95 Å². The number of amides is 1. The Hall–Kier alpha value is -1.24. The van der Waals surface area contributed by atoms with E-state index in [1.807, 2.05) is 0 Å². The van der Waals surface area contributed by atoms with Gasteiger partial charge in [-0.15, -0.1) is 5.10 Å². The van der Waals surface area contributed by atoms with Gasteiger partial charge < -0.3 is 5.32 Å². The normalized spacial score (nSPS) is 21.7. The Balaban J connectivity index is 1.80. The van der Waals surface area contributed by atoms with Crippen molar-refractivity contribution in [2.24, 2.45) is 5.92 Å². The van der Waals surface area contributed by atoms with E-state index in [-0.39, 0.29) is 11.6 Å². The van der Waals surface area contributed by atoms with E-state index < -0.39 is 0 Å². The molecule has 0 radical (unpaired) electrons. The number of nitrogens with one attached hydrogen (secondary N) is 2. The first-order valence-electron chi connectivity index (χ1n) is 8.17. The monoisotopic (exact) mass is 326 g/mol. The minimum absolute atomic E-state index is 0.0297. The molecule has 1 aromatic heterocycles. The molecule has 0 bridgehead atoms. The van der Waals surface area contributed by atoms with Crippen LogP contribution in [0.4, 0.5) is 0 Å². The summed E-state index contributed by atoms with van der Waals surface area (Å²) in [6, 6.07) is 0.311. The number of carbonyl (C=O) groups is 1. The van der Waals surface area contributed by atoms with Crippen LogP contribution in [-0.4, -0.2) is 32.5 Å². The molecule has 124 valence electrons. The Labute approximate surface area is 135 Å². The van der Waals surface area contributed by atoms with E-state index in [1.54, 1.807) is 4.57 Å². The zero-order valence-electron chi connectivity index (χ0n) is 13.4. The van der Waals surface area contributed by atoms with Crippen LogP contribution >= 0.6 is 11.8 Å². The van der Waals surface area contributed by atoms with Crippen molar-refractivity contribution in [1.82, 2.24) is 20.1 Å². The van der Waals surface area contributed by atoms with Crippen LogP contribution in [0.2, 0.25) is 0 Å². The first-order chi connectivity index (χ1) is 10.6. The number of aromatic nitrogens is 3. The second-order valence-corrected chi connectivity index (χ2v) is 7.07. The quantitative estimate of drug-likeness (QED) is 0.753. The molecule has 0 atom stereocenters. The van der Waals surface area contributed by atoms with Gasteiger partial charge in [0.2, 0.25) is 5.91 Å². The minimum atomic E-state index is -0.197. The number of unbranched alkanes of at least 4 members (excludes halogenated alkanes) is 1. The number of aromatic amines is 1. The fraction of sp³-hybridized carbons (Fsp3) is 0.800. The van der Waals surface area contributed by atoms with E-state index in [4.69, 9.17) is 0 Å². The average molecular weight is 326 g/mol. The molecule has 0 aliphatic heterocycles. The maximum absolute atomic E-state index is 12.0. The standard InChI is InChI=1S/C15H26N4O2S/c1-3-4-9-19-14(21)17-18-15(19)22-10-13(20)16-12-7-5-11(2)6-8-12/h11-12H,3-10H2,1-2H3,(H,16,20)(H,17,21). The third-order valence-electron chi connectivity index (χ3n) is 4.17. The zero-order valence-corrected chi connectivity index (χ0v) is 14.2. The summed E-state index contributed by atoms with van der Waals surface area (Å²) < 4.78 is 1.61. The lowest BCUT2D eigenvalue weighted by Gasteiger charge is -2.26. The molecule has 6 nitrogen and oxygen atoms in total. The summed E-state index contributed by atoms with van der Waals surface area (Å²) >= 11 is 1.32. The predicted octanol–water partition coefficient (Wildman–Crippen LogP) is 2.16. The van der Waals surface area contributed by atoms with Crippen LogP contribution < -0.4 is 11.0 Å². The van der Waals surface area contributed by atoms with Crippen LogP contribution in [0.1, 0.15) is 52.4 Å². The van der Waals surface area contributed by atoms with Crippen molar-refractivity contribution in [1.29, 1.82) is 0 Å². The second kappa shape index (κ2) is 8.41. The Bertz CT molecular complexity index is 532. The van der Waals surface area contributed by atoms with Gasteiger partial charge in [-0.1, -0.05) is 32.0 Å². The maximum Gasteiger partial charge on any atom is 0.343 e. The first-order valence-corrected chi connectivity index (χ1v) is 9.16. The maximum atomic E-state index is 12.0. The number of H-pyrrole nitrogens is 1. The van der Waals surface area contributed by atoms with E-state index in [9.17, 15) is 9.59 Å².